The lowest BCUT2D eigenvalue weighted by Crippen LogP contribution is -2.25. The standard InChI is InChI=1S/C12H19F3O3/c1-4-18-11(17)6-10(12(13,14)15)9(7-16)5-8(2)3/h6,8-9,16H,4-5,7H2,1-3H3/b10-6-/t9-/m0/s1. The third-order valence-corrected chi connectivity index (χ3v) is 2.30. The van der Waals surface area contributed by atoms with Gasteiger partial charge in [-0.1, -0.05) is 13.8 Å². The number of hydrogen-bond donors (Lipinski definition) is 1. The van der Waals surface area contributed by atoms with Gasteiger partial charge in [-0.3, -0.25) is 0 Å². The Hall–Kier alpha value is -1.04. The Balaban J connectivity index is 5.14. The molecule has 0 bridgehead atoms. The maximum Gasteiger partial charge on any atom is 0.413 e. The second kappa shape index (κ2) is 7.41. The van der Waals surface area contributed by atoms with Gasteiger partial charge >= 0.3 is 12.1 Å². The predicted octanol–water partition coefficient (Wildman–Crippen LogP) is 2.69. The summed E-state index contributed by atoms with van der Waals surface area (Å²) in [5.74, 6) is -2.16. The molecule has 0 heterocycles. The average Bonchev–Trinajstić information content (AvgIpc) is 2.21. The van der Waals surface area contributed by atoms with Gasteiger partial charge in [0.15, 0.2) is 0 Å². The van der Waals surface area contributed by atoms with Crippen LogP contribution in [-0.4, -0.2) is 30.5 Å². The van der Waals surface area contributed by atoms with Crippen LogP contribution < -0.4 is 0 Å². The van der Waals surface area contributed by atoms with Crippen molar-refractivity contribution in [3.05, 3.63) is 11.6 Å². The van der Waals surface area contributed by atoms with Crippen molar-refractivity contribution in [2.45, 2.75) is 33.4 Å². The van der Waals surface area contributed by atoms with Crippen LogP contribution in [0.4, 0.5) is 13.2 Å². The van der Waals surface area contributed by atoms with Crippen LogP contribution in [-0.2, 0) is 9.53 Å². The number of alkyl halides is 3. The van der Waals surface area contributed by atoms with Crippen molar-refractivity contribution in [3.8, 4) is 0 Å². The molecule has 0 aliphatic heterocycles. The van der Waals surface area contributed by atoms with Crippen LogP contribution in [0, 0.1) is 11.8 Å². The Labute approximate surface area is 105 Å². The first-order chi connectivity index (χ1) is 8.22. The first-order valence-electron chi connectivity index (χ1n) is 5.78. The molecule has 1 N–H and O–H groups in total. The van der Waals surface area contributed by atoms with Gasteiger partial charge in [-0.25, -0.2) is 4.79 Å². The molecular formula is C12H19F3O3. The number of carbonyl (C=O) groups excluding carboxylic acids is 1. The molecule has 0 aliphatic carbocycles. The molecule has 0 saturated heterocycles. The molecule has 0 unspecified atom stereocenters. The molecule has 0 amide bonds. The lowest BCUT2D eigenvalue weighted by Gasteiger charge is -2.22. The van der Waals surface area contributed by atoms with Crippen molar-refractivity contribution in [1.82, 2.24) is 0 Å². The Kier molecular flexibility index (Phi) is 6.98. The highest BCUT2D eigenvalue weighted by Crippen LogP contribution is 2.34. The SMILES string of the molecule is CCOC(=O)/C=C(/[C@H](CO)CC(C)C)C(F)(F)F. The molecule has 0 aromatic rings. The van der Waals surface area contributed by atoms with E-state index in [0.717, 1.165) is 0 Å². The van der Waals surface area contributed by atoms with E-state index in [1.54, 1.807) is 13.8 Å². The van der Waals surface area contributed by atoms with Crippen LogP contribution in [0.15, 0.2) is 11.6 Å². The number of aliphatic hydroxyl groups is 1. The lowest BCUT2D eigenvalue weighted by molar-refractivity contribution is -0.138. The largest absolute Gasteiger partial charge is 0.463 e. The molecule has 0 spiro atoms. The Morgan fingerprint density at radius 3 is 2.28 bits per heavy atom. The Morgan fingerprint density at radius 1 is 1.39 bits per heavy atom. The van der Waals surface area contributed by atoms with E-state index in [2.05, 4.69) is 4.74 Å². The van der Waals surface area contributed by atoms with Crippen LogP contribution in [0.25, 0.3) is 0 Å². The van der Waals surface area contributed by atoms with E-state index in [0.29, 0.717) is 6.08 Å². The van der Waals surface area contributed by atoms with E-state index in [4.69, 9.17) is 5.11 Å². The van der Waals surface area contributed by atoms with Gasteiger partial charge in [0.25, 0.3) is 0 Å². The van der Waals surface area contributed by atoms with Gasteiger partial charge in [-0.15, -0.1) is 0 Å². The number of esters is 1. The van der Waals surface area contributed by atoms with Gasteiger partial charge in [0, 0.05) is 24.2 Å². The summed E-state index contributed by atoms with van der Waals surface area (Å²) in [5, 5.41) is 9.06. The van der Waals surface area contributed by atoms with E-state index < -0.39 is 30.2 Å². The number of rotatable bonds is 6. The molecule has 0 fully saturated rings. The fraction of sp³-hybridized carbons (Fsp3) is 0.750. The summed E-state index contributed by atoms with van der Waals surface area (Å²) in [6, 6.07) is 0. The van der Waals surface area contributed by atoms with Crippen molar-refractivity contribution >= 4 is 5.97 Å². The van der Waals surface area contributed by atoms with Crippen molar-refractivity contribution in [2.24, 2.45) is 11.8 Å². The normalized spacial score (nSPS) is 14.8. The van der Waals surface area contributed by atoms with Gasteiger partial charge in [0.1, 0.15) is 0 Å². The molecule has 0 aromatic heterocycles. The number of aliphatic hydroxyl groups excluding tert-OH is 1. The van der Waals surface area contributed by atoms with Crippen molar-refractivity contribution in [1.29, 1.82) is 0 Å². The van der Waals surface area contributed by atoms with Crippen LogP contribution in [0.3, 0.4) is 0 Å². The molecule has 1 atom stereocenters. The van der Waals surface area contributed by atoms with E-state index in [-0.39, 0.29) is 18.9 Å². The summed E-state index contributed by atoms with van der Waals surface area (Å²) in [6.45, 7) is 4.37. The maximum absolute atomic E-state index is 12.8. The number of hydrogen-bond acceptors (Lipinski definition) is 3. The highest BCUT2D eigenvalue weighted by Gasteiger charge is 2.39. The maximum atomic E-state index is 12.8. The summed E-state index contributed by atoms with van der Waals surface area (Å²) in [5.41, 5.74) is -1.03. The molecule has 0 rings (SSSR count). The van der Waals surface area contributed by atoms with E-state index in [1.807, 2.05) is 0 Å². The zero-order valence-electron chi connectivity index (χ0n) is 10.8. The molecule has 0 saturated carbocycles. The third kappa shape index (κ3) is 6.05. The zero-order chi connectivity index (χ0) is 14.3. The molecule has 0 radical (unpaired) electrons. The van der Waals surface area contributed by atoms with Gasteiger partial charge in [-0.2, -0.15) is 13.2 Å². The molecule has 18 heavy (non-hydrogen) atoms. The molecule has 0 aliphatic rings. The minimum absolute atomic E-state index is 0.00838. The predicted molar refractivity (Wildman–Crippen MR) is 60.8 cm³/mol. The monoisotopic (exact) mass is 268 g/mol. The van der Waals surface area contributed by atoms with Crippen LogP contribution >= 0.6 is 0 Å². The number of halogens is 3. The smallest absolute Gasteiger partial charge is 0.413 e. The summed E-state index contributed by atoms with van der Waals surface area (Å²) < 4.78 is 42.9. The zero-order valence-corrected chi connectivity index (χ0v) is 10.8. The van der Waals surface area contributed by atoms with Gasteiger partial charge in [0.05, 0.1) is 6.61 Å². The summed E-state index contributed by atoms with van der Waals surface area (Å²) in [6.07, 6.45) is -4.05. The molecule has 106 valence electrons. The topological polar surface area (TPSA) is 46.5 Å². The quantitative estimate of drug-likeness (QED) is 0.595. The third-order valence-electron chi connectivity index (χ3n) is 2.30. The van der Waals surface area contributed by atoms with Crippen molar-refractivity contribution < 1.29 is 27.8 Å². The Bertz CT molecular complexity index is 295. The highest BCUT2D eigenvalue weighted by atomic mass is 19.4. The van der Waals surface area contributed by atoms with Crippen LogP contribution in [0.1, 0.15) is 27.2 Å². The van der Waals surface area contributed by atoms with E-state index >= 15 is 0 Å². The van der Waals surface area contributed by atoms with Crippen molar-refractivity contribution in [3.63, 3.8) is 0 Å². The highest BCUT2D eigenvalue weighted by molar-refractivity contribution is 5.83. The van der Waals surface area contributed by atoms with Crippen molar-refractivity contribution in [2.75, 3.05) is 13.2 Å². The summed E-state index contributed by atoms with van der Waals surface area (Å²) >= 11 is 0. The molecular weight excluding hydrogens is 249 g/mol. The molecule has 3 nitrogen and oxygen atoms in total. The second-order valence-electron chi connectivity index (χ2n) is 4.36. The molecule has 6 heteroatoms. The minimum Gasteiger partial charge on any atom is -0.463 e. The van der Waals surface area contributed by atoms with Crippen LogP contribution in [0.2, 0.25) is 0 Å². The lowest BCUT2D eigenvalue weighted by atomic mass is 9.90. The first-order valence-corrected chi connectivity index (χ1v) is 5.78. The second-order valence-corrected chi connectivity index (χ2v) is 4.36. The molecule has 0 aromatic carbocycles. The van der Waals surface area contributed by atoms with Gasteiger partial charge < -0.3 is 9.84 Å². The average molecular weight is 268 g/mol. The number of carbonyl (C=O) groups is 1. The Morgan fingerprint density at radius 2 is 1.94 bits per heavy atom. The fourth-order valence-corrected chi connectivity index (χ4v) is 1.61. The minimum atomic E-state index is -4.64. The van der Waals surface area contributed by atoms with Crippen LogP contribution in [0.5, 0.6) is 0 Å². The van der Waals surface area contributed by atoms with Gasteiger partial charge in [0.2, 0.25) is 0 Å². The first kappa shape index (κ1) is 17.0. The summed E-state index contributed by atoms with van der Waals surface area (Å²) in [7, 11) is 0. The number of ether oxygens (including phenoxy) is 1. The fourth-order valence-electron chi connectivity index (χ4n) is 1.61. The van der Waals surface area contributed by atoms with Gasteiger partial charge in [-0.05, 0) is 19.3 Å². The van der Waals surface area contributed by atoms with E-state index in [9.17, 15) is 18.0 Å². The van der Waals surface area contributed by atoms with E-state index in [1.165, 1.54) is 6.92 Å². The summed E-state index contributed by atoms with van der Waals surface area (Å²) in [4.78, 5) is 11.1.